The maximum atomic E-state index is 11.2. The van der Waals surface area contributed by atoms with E-state index in [1.54, 1.807) is 6.26 Å². The lowest BCUT2D eigenvalue weighted by Crippen LogP contribution is -2.29. The van der Waals surface area contributed by atoms with Crippen LogP contribution >= 0.6 is 11.8 Å². The molecule has 0 aromatic rings. The Balaban J connectivity index is 2.47. The Morgan fingerprint density at radius 3 is 2.64 bits per heavy atom. The highest BCUT2D eigenvalue weighted by Crippen LogP contribution is 2.27. The Labute approximate surface area is 71.4 Å². The van der Waals surface area contributed by atoms with Crippen molar-refractivity contribution in [3.05, 3.63) is 0 Å². The second-order valence-corrected chi connectivity index (χ2v) is 3.79. The Kier molecular flexibility index (Phi) is 3.40. The van der Waals surface area contributed by atoms with E-state index in [0.29, 0.717) is 0 Å². The average Bonchev–Trinajstić information content (AvgIpc) is 2.04. The third kappa shape index (κ3) is 2.20. The first-order valence-corrected chi connectivity index (χ1v) is 5.24. The van der Waals surface area contributed by atoms with Crippen molar-refractivity contribution in [2.75, 3.05) is 6.26 Å². The number of carbonyl (C=O) groups excluding carboxylic acids is 1. The van der Waals surface area contributed by atoms with Gasteiger partial charge in [-0.25, -0.2) is 0 Å². The maximum Gasteiger partial charge on any atom is 0.194 e. The quantitative estimate of drug-likeness (QED) is 0.653. The van der Waals surface area contributed by atoms with E-state index in [4.69, 9.17) is 0 Å². The SMILES string of the molecule is CSC(=O)C1CCCCC1O. The zero-order valence-electron chi connectivity index (χ0n) is 6.75. The molecule has 1 aliphatic rings. The minimum atomic E-state index is -0.372. The molecule has 1 rings (SSSR count). The van der Waals surface area contributed by atoms with Gasteiger partial charge in [0, 0.05) is 0 Å². The van der Waals surface area contributed by atoms with E-state index in [9.17, 15) is 9.90 Å². The van der Waals surface area contributed by atoms with Gasteiger partial charge in [-0.05, 0) is 19.1 Å². The summed E-state index contributed by atoms with van der Waals surface area (Å²) < 4.78 is 0. The van der Waals surface area contributed by atoms with Gasteiger partial charge in [0.1, 0.15) is 0 Å². The van der Waals surface area contributed by atoms with Gasteiger partial charge in [-0.3, -0.25) is 4.79 Å². The summed E-state index contributed by atoms with van der Waals surface area (Å²) >= 11 is 1.24. The van der Waals surface area contributed by atoms with Crippen LogP contribution < -0.4 is 0 Å². The third-order valence-corrected chi connectivity index (χ3v) is 2.94. The van der Waals surface area contributed by atoms with E-state index in [-0.39, 0.29) is 17.1 Å². The molecule has 1 saturated carbocycles. The van der Waals surface area contributed by atoms with Crippen molar-refractivity contribution in [1.82, 2.24) is 0 Å². The van der Waals surface area contributed by atoms with Crippen LogP contribution in [0.4, 0.5) is 0 Å². The van der Waals surface area contributed by atoms with Crippen LogP contribution in [-0.2, 0) is 4.79 Å². The second-order valence-electron chi connectivity index (χ2n) is 2.98. The standard InChI is InChI=1S/C8H14O2S/c1-11-8(10)6-4-2-3-5-7(6)9/h6-7,9H,2-5H2,1H3. The fourth-order valence-electron chi connectivity index (χ4n) is 1.54. The van der Waals surface area contributed by atoms with Crippen LogP contribution in [0.15, 0.2) is 0 Å². The van der Waals surface area contributed by atoms with Crippen LogP contribution in [0.2, 0.25) is 0 Å². The largest absolute Gasteiger partial charge is 0.392 e. The van der Waals surface area contributed by atoms with Crippen LogP contribution in [0.5, 0.6) is 0 Å². The summed E-state index contributed by atoms with van der Waals surface area (Å²) in [7, 11) is 0. The maximum absolute atomic E-state index is 11.2. The molecule has 2 atom stereocenters. The van der Waals surface area contributed by atoms with Gasteiger partial charge >= 0.3 is 0 Å². The lowest BCUT2D eigenvalue weighted by atomic mass is 9.87. The Bertz CT molecular complexity index is 147. The molecule has 0 bridgehead atoms. The monoisotopic (exact) mass is 174 g/mol. The molecule has 0 aliphatic heterocycles. The van der Waals surface area contributed by atoms with E-state index < -0.39 is 0 Å². The van der Waals surface area contributed by atoms with Crippen LogP contribution in [0.1, 0.15) is 25.7 Å². The minimum Gasteiger partial charge on any atom is -0.392 e. The molecule has 2 nitrogen and oxygen atoms in total. The Morgan fingerprint density at radius 2 is 2.09 bits per heavy atom. The van der Waals surface area contributed by atoms with Crippen molar-refractivity contribution >= 4 is 16.9 Å². The van der Waals surface area contributed by atoms with Crippen LogP contribution in [-0.4, -0.2) is 22.6 Å². The summed E-state index contributed by atoms with van der Waals surface area (Å²) in [5.41, 5.74) is 0. The zero-order valence-corrected chi connectivity index (χ0v) is 7.56. The topological polar surface area (TPSA) is 37.3 Å². The molecule has 3 heteroatoms. The Hall–Kier alpha value is -0.0200. The average molecular weight is 174 g/mol. The summed E-state index contributed by atoms with van der Waals surface area (Å²) in [6.45, 7) is 0. The van der Waals surface area contributed by atoms with E-state index in [2.05, 4.69) is 0 Å². The first-order chi connectivity index (χ1) is 5.25. The van der Waals surface area contributed by atoms with Crippen molar-refractivity contribution in [3.8, 4) is 0 Å². The molecule has 64 valence electrons. The van der Waals surface area contributed by atoms with E-state index >= 15 is 0 Å². The first-order valence-electron chi connectivity index (χ1n) is 4.01. The lowest BCUT2D eigenvalue weighted by molar-refractivity contribution is -0.118. The fraction of sp³-hybridized carbons (Fsp3) is 0.875. The van der Waals surface area contributed by atoms with Gasteiger partial charge in [0.15, 0.2) is 5.12 Å². The third-order valence-electron chi connectivity index (χ3n) is 2.23. The molecule has 0 aromatic heterocycles. The number of carbonyl (C=O) groups is 1. The number of hydrogen-bond acceptors (Lipinski definition) is 3. The first kappa shape index (κ1) is 9.07. The molecule has 0 amide bonds. The molecule has 0 saturated heterocycles. The number of rotatable bonds is 1. The highest BCUT2D eigenvalue weighted by molar-refractivity contribution is 8.13. The highest BCUT2D eigenvalue weighted by atomic mass is 32.2. The molecule has 1 N–H and O–H groups in total. The smallest absolute Gasteiger partial charge is 0.194 e. The normalized spacial score (nSPS) is 31.8. The van der Waals surface area contributed by atoms with Crippen molar-refractivity contribution in [2.45, 2.75) is 31.8 Å². The lowest BCUT2D eigenvalue weighted by Gasteiger charge is -2.25. The van der Waals surface area contributed by atoms with Crippen molar-refractivity contribution in [3.63, 3.8) is 0 Å². The zero-order chi connectivity index (χ0) is 8.27. The van der Waals surface area contributed by atoms with Crippen LogP contribution in [0.3, 0.4) is 0 Å². The molecule has 1 aliphatic carbocycles. The molecular formula is C8H14O2S. The molecule has 1 fully saturated rings. The highest BCUT2D eigenvalue weighted by Gasteiger charge is 2.28. The number of aliphatic hydroxyl groups excluding tert-OH is 1. The summed E-state index contributed by atoms with van der Waals surface area (Å²) in [6, 6.07) is 0. The van der Waals surface area contributed by atoms with Gasteiger partial charge < -0.3 is 5.11 Å². The van der Waals surface area contributed by atoms with Crippen molar-refractivity contribution in [2.24, 2.45) is 5.92 Å². The molecular weight excluding hydrogens is 160 g/mol. The van der Waals surface area contributed by atoms with E-state index in [1.165, 1.54) is 11.8 Å². The summed E-state index contributed by atoms with van der Waals surface area (Å²) in [4.78, 5) is 11.2. The summed E-state index contributed by atoms with van der Waals surface area (Å²) in [5.74, 6) is -0.0845. The van der Waals surface area contributed by atoms with E-state index in [1.807, 2.05) is 0 Å². The fourth-order valence-corrected chi connectivity index (χ4v) is 2.12. The van der Waals surface area contributed by atoms with Gasteiger partial charge in [0.25, 0.3) is 0 Å². The van der Waals surface area contributed by atoms with Gasteiger partial charge in [-0.1, -0.05) is 24.6 Å². The number of aliphatic hydroxyl groups is 1. The predicted molar refractivity (Wildman–Crippen MR) is 46.5 cm³/mol. The molecule has 0 heterocycles. The van der Waals surface area contributed by atoms with Gasteiger partial charge in [-0.2, -0.15) is 0 Å². The number of thioether (sulfide) groups is 1. The van der Waals surface area contributed by atoms with Crippen molar-refractivity contribution < 1.29 is 9.90 Å². The molecule has 11 heavy (non-hydrogen) atoms. The molecule has 0 spiro atoms. The van der Waals surface area contributed by atoms with Gasteiger partial charge in [0.2, 0.25) is 0 Å². The number of hydrogen-bond donors (Lipinski definition) is 1. The summed E-state index contributed by atoms with van der Waals surface area (Å²) in [5, 5.41) is 9.59. The molecule has 0 radical (unpaired) electrons. The minimum absolute atomic E-state index is 0.0845. The molecule has 0 aromatic carbocycles. The van der Waals surface area contributed by atoms with Crippen LogP contribution in [0.25, 0.3) is 0 Å². The predicted octanol–water partition coefficient (Wildman–Crippen LogP) is 1.43. The van der Waals surface area contributed by atoms with Gasteiger partial charge in [0.05, 0.1) is 12.0 Å². The van der Waals surface area contributed by atoms with Gasteiger partial charge in [-0.15, -0.1) is 0 Å². The Morgan fingerprint density at radius 1 is 1.45 bits per heavy atom. The van der Waals surface area contributed by atoms with Crippen molar-refractivity contribution in [1.29, 1.82) is 0 Å². The van der Waals surface area contributed by atoms with Crippen LogP contribution in [0, 0.1) is 5.92 Å². The summed E-state index contributed by atoms with van der Waals surface area (Å²) in [6.07, 6.45) is 5.25. The van der Waals surface area contributed by atoms with E-state index in [0.717, 1.165) is 25.7 Å². The second kappa shape index (κ2) is 4.12. The molecule has 2 unspecified atom stereocenters.